The third kappa shape index (κ3) is 2.32. The van der Waals surface area contributed by atoms with E-state index in [4.69, 9.17) is 5.11 Å². The SMILES string of the molecule is O=C(NC1CNc2ccc(C(=O)O)n2C1=O)c1ccccc1. The highest BCUT2D eigenvalue weighted by Gasteiger charge is 2.31. The summed E-state index contributed by atoms with van der Waals surface area (Å²) in [6.07, 6.45) is 0. The molecule has 22 heavy (non-hydrogen) atoms. The summed E-state index contributed by atoms with van der Waals surface area (Å²) < 4.78 is 1.07. The second-order valence-electron chi connectivity index (χ2n) is 4.86. The van der Waals surface area contributed by atoms with E-state index in [1.165, 1.54) is 12.1 Å². The lowest BCUT2D eigenvalue weighted by molar-refractivity contribution is 0.0667. The minimum atomic E-state index is -1.20. The Kier molecular flexibility index (Phi) is 3.38. The van der Waals surface area contributed by atoms with E-state index >= 15 is 0 Å². The zero-order valence-electron chi connectivity index (χ0n) is 11.4. The predicted molar refractivity (Wildman–Crippen MR) is 78.2 cm³/mol. The molecule has 7 nitrogen and oxygen atoms in total. The van der Waals surface area contributed by atoms with Gasteiger partial charge in [0.05, 0.1) is 0 Å². The van der Waals surface area contributed by atoms with E-state index < -0.39 is 17.9 Å². The van der Waals surface area contributed by atoms with Gasteiger partial charge in [0.2, 0.25) is 0 Å². The molecule has 0 fully saturated rings. The van der Waals surface area contributed by atoms with Crippen molar-refractivity contribution in [2.75, 3.05) is 11.9 Å². The molecule has 2 aromatic rings. The van der Waals surface area contributed by atoms with Crippen molar-refractivity contribution in [3.05, 3.63) is 53.7 Å². The third-order valence-corrected chi connectivity index (χ3v) is 3.45. The van der Waals surface area contributed by atoms with Gasteiger partial charge in [-0.15, -0.1) is 0 Å². The van der Waals surface area contributed by atoms with Crippen LogP contribution < -0.4 is 10.6 Å². The van der Waals surface area contributed by atoms with Crippen LogP contribution in [0, 0.1) is 0 Å². The Bertz CT molecular complexity index is 751. The number of fused-ring (bicyclic) bond motifs is 1. The highest BCUT2D eigenvalue weighted by atomic mass is 16.4. The highest BCUT2D eigenvalue weighted by molar-refractivity contribution is 6.02. The van der Waals surface area contributed by atoms with Crippen LogP contribution >= 0.6 is 0 Å². The molecule has 112 valence electrons. The molecule has 0 aliphatic carbocycles. The van der Waals surface area contributed by atoms with Crippen LogP contribution in [0.5, 0.6) is 0 Å². The molecule has 1 aliphatic heterocycles. The van der Waals surface area contributed by atoms with Crippen LogP contribution in [0.4, 0.5) is 5.82 Å². The third-order valence-electron chi connectivity index (χ3n) is 3.45. The minimum absolute atomic E-state index is 0.133. The normalized spacial score (nSPS) is 16.5. The van der Waals surface area contributed by atoms with E-state index in [0.717, 1.165) is 4.57 Å². The summed E-state index contributed by atoms with van der Waals surface area (Å²) in [4.78, 5) is 35.7. The number of hydrogen-bond donors (Lipinski definition) is 3. The standard InChI is InChI=1S/C15H13N3O4/c19-13(9-4-2-1-3-5-9)17-10-8-16-12-7-6-11(15(21)22)18(12)14(10)20/h1-7,10,16H,8H2,(H,17,19)(H,21,22). The molecule has 3 rings (SSSR count). The summed E-state index contributed by atoms with van der Waals surface area (Å²) in [5.74, 6) is -1.64. The van der Waals surface area contributed by atoms with E-state index in [1.807, 2.05) is 0 Å². The van der Waals surface area contributed by atoms with Crippen LogP contribution in [0.15, 0.2) is 42.5 Å². The van der Waals surface area contributed by atoms with Gasteiger partial charge >= 0.3 is 5.97 Å². The number of aromatic nitrogens is 1. The summed E-state index contributed by atoms with van der Waals surface area (Å²) in [6, 6.07) is 10.6. The number of benzene rings is 1. The molecule has 2 heterocycles. The average Bonchev–Trinajstić information content (AvgIpc) is 2.96. The first-order valence-corrected chi connectivity index (χ1v) is 6.67. The minimum Gasteiger partial charge on any atom is -0.477 e. The van der Waals surface area contributed by atoms with Crippen molar-refractivity contribution in [2.45, 2.75) is 6.04 Å². The van der Waals surface area contributed by atoms with Gasteiger partial charge in [-0.2, -0.15) is 0 Å². The van der Waals surface area contributed by atoms with Gasteiger partial charge in [0, 0.05) is 12.1 Å². The topological polar surface area (TPSA) is 100 Å². The fourth-order valence-corrected chi connectivity index (χ4v) is 2.37. The molecule has 1 aliphatic rings. The molecule has 0 radical (unpaired) electrons. The van der Waals surface area contributed by atoms with Crippen LogP contribution in [0.25, 0.3) is 0 Å². The Labute approximate surface area is 125 Å². The fraction of sp³-hybridized carbons (Fsp3) is 0.133. The molecule has 0 saturated carbocycles. The number of carbonyl (C=O) groups excluding carboxylic acids is 2. The van der Waals surface area contributed by atoms with E-state index in [0.29, 0.717) is 11.4 Å². The van der Waals surface area contributed by atoms with Crippen molar-refractivity contribution in [2.24, 2.45) is 0 Å². The Morgan fingerprint density at radius 1 is 1.18 bits per heavy atom. The van der Waals surface area contributed by atoms with Gasteiger partial charge < -0.3 is 15.7 Å². The van der Waals surface area contributed by atoms with Crippen molar-refractivity contribution >= 4 is 23.6 Å². The van der Waals surface area contributed by atoms with Gasteiger partial charge in [-0.05, 0) is 24.3 Å². The van der Waals surface area contributed by atoms with E-state index in [-0.39, 0.29) is 18.1 Å². The fourth-order valence-electron chi connectivity index (χ4n) is 2.37. The molecule has 0 bridgehead atoms. The smallest absolute Gasteiger partial charge is 0.353 e. The van der Waals surface area contributed by atoms with Crippen LogP contribution in [-0.2, 0) is 0 Å². The van der Waals surface area contributed by atoms with Gasteiger partial charge in [0.15, 0.2) is 0 Å². The maximum Gasteiger partial charge on any atom is 0.353 e. The first-order valence-electron chi connectivity index (χ1n) is 6.67. The maximum atomic E-state index is 12.4. The molecular formula is C15H13N3O4. The molecule has 1 atom stereocenters. The molecule has 1 amide bonds. The Hall–Kier alpha value is -3.09. The van der Waals surface area contributed by atoms with E-state index in [2.05, 4.69) is 10.6 Å². The second kappa shape index (κ2) is 5.36. The number of rotatable bonds is 3. The first-order chi connectivity index (χ1) is 10.6. The van der Waals surface area contributed by atoms with Crippen LogP contribution in [0.1, 0.15) is 25.6 Å². The highest BCUT2D eigenvalue weighted by Crippen LogP contribution is 2.19. The first kappa shape index (κ1) is 13.9. The molecule has 3 N–H and O–H groups in total. The largest absolute Gasteiger partial charge is 0.477 e. The molecule has 0 saturated heterocycles. The lowest BCUT2D eigenvalue weighted by Gasteiger charge is -2.26. The average molecular weight is 299 g/mol. The Morgan fingerprint density at radius 3 is 2.59 bits per heavy atom. The molecular weight excluding hydrogens is 286 g/mol. The quantitative estimate of drug-likeness (QED) is 0.786. The van der Waals surface area contributed by atoms with Crippen molar-refractivity contribution in [3.63, 3.8) is 0 Å². The van der Waals surface area contributed by atoms with Crippen molar-refractivity contribution in [1.82, 2.24) is 9.88 Å². The summed E-state index contributed by atoms with van der Waals surface area (Å²) in [5.41, 5.74) is 0.304. The van der Waals surface area contributed by atoms with Crippen LogP contribution in [0.2, 0.25) is 0 Å². The summed E-state index contributed by atoms with van der Waals surface area (Å²) in [7, 11) is 0. The van der Waals surface area contributed by atoms with Gasteiger partial charge in [0.25, 0.3) is 11.8 Å². The molecule has 1 unspecified atom stereocenters. The second-order valence-corrected chi connectivity index (χ2v) is 4.86. The Balaban J connectivity index is 1.83. The van der Waals surface area contributed by atoms with Gasteiger partial charge in [-0.3, -0.25) is 14.2 Å². The van der Waals surface area contributed by atoms with Crippen molar-refractivity contribution in [1.29, 1.82) is 0 Å². The number of nitrogens with one attached hydrogen (secondary N) is 2. The molecule has 0 spiro atoms. The number of carbonyl (C=O) groups is 3. The molecule has 1 aromatic heterocycles. The lowest BCUT2D eigenvalue weighted by Crippen LogP contribution is -2.51. The summed E-state index contributed by atoms with van der Waals surface area (Å²) in [6.45, 7) is 0.209. The number of aromatic carboxylic acids is 1. The zero-order valence-corrected chi connectivity index (χ0v) is 11.4. The maximum absolute atomic E-state index is 12.4. The van der Waals surface area contributed by atoms with Crippen molar-refractivity contribution < 1.29 is 19.5 Å². The van der Waals surface area contributed by atoms with Gasteiger partial charge in [-0.1, -0.05) is 18.2 Å². The number of hydrogen-bond acceptors (Lipinski definition) is 4. The van der Waals surface area contributed by atoms with E-state index in [9.17, 15) is 14.4 Å². The van der Waals surface area contributed by atoms with E-state index in [1.54, 1.807) is 30.3 Å². The lowest BCUT2D eigenvalue weighted by atomic mass is 10.1. The van der Waals surface area contributed by atoms with Gasteiger partial charge in [-0.25, -0.2) is 4.79 Å². The summed E-state index contributed by atoms with van der Waals surface area (Å²) >= 11 is 0. The number of anilines is 1. The summed E-state index contributed by atoms with van der Waals surface area (Å²) in [5, 5.41) is 14.7. The monoisotopic (exact) mass is 299 g/mol. The Morgan fingerprint density at radius 2 is 1.91 bits per heavy atom. The molecule has 7 heteroatoms. The number of carboxylic acid groups (broad SMARTS) is 1. The molecule has 1 aromatic carbocycles. The number of nitrogens with zero attached hydrogens (tertiary/aromatic N) is 1. The number of amides is 1. The zero-order chi connectivity index (χ0) is 15.7. The van der Waals surface area contributed by atoms with Crippen LogP contribution in [0.3, 0.4) is 0 Å². The van der Waals surface area contributed by atoms with Crippen LogP contribution in [-0.4, -0.2) is 40.0 Å². The van der Waals surface area contributed by atoms with Crippen molar-refractivity contribution in [3.8, 4) is 0 Å². The predicted octanol–water partition coefficient (Wildman–Crippen LogP) is 1.05. The number of carboxylic acids is 1. The van der Waals surface area contributed by atoms with Gasteiger partial charge in [0.1, 0.15) is 17.6 Å².